The number of hydrogen-bond acceptors (Lipinski definition) is 2. The van der Waals surface area contributed by atoms with Gasteiger partial charge in [0.25, 0.3) is 0 Å². The van der Waals surface area contributed by atoms with Crippen molar-refractivity contribution in [2.75, 3.05) is 13.6 Å². The van der Waals surface area contributed by atoms with Gasteiger partial charge in [0.2, 0.25) is 5.91 Å². The molecule has 1 heterocycles. The summed E-state index contributed by atoms with van der Waals surface area (Å²) in [5.74, 6) is 1.04. The number of likely N-dealkylation sites (tertiary alicyclic amines) is 1. The van der Waals surface area contributed by atoms with Crippen LogP contribution in [0.5, 0.6) is 0 Å². The zero-order valence-corrected chi connectivity index (χ0v) is 12.3. The van der Waals surface area contributed by atoms with Crippen molar-refractivity contribution in [2.45, 2.75) is 65.0 Å². The number of hydrogen-bond donors (Lipinski definition) is 1. The molecule has 3 heteroatoms. The number of likely N-dealkylation sites (N-methyl/N-ethyl adjacent to an activating group) is 1. The van der Waals surface area contributed by atoms with E-state index >= 15 is 0 Å². The normalized spacial score (nSPS) is 36.8. The molecule has 3 nitrogen and oxygen atoms in total. The van der Waals surface area contributed by atoms with E-state index in [2.05, 4.69) is 26.1 Å². The van der Waals surface area contributed by atoms with E-state index in [4.69, 9.17) is 0 Å². The lowest BCUT2D eigenvalue weighted by Gasteiger charge is -2.42. The molecule has 0 radical (unpaired) electrons. The van der Waals surface area contributed by atoms with Crippen molar-refractivity contribution in [3.63, 3.8) is 0 Å². The molecule has 1 aliphatic heterocycles. The van der Waals surface area contributed by atoms with Gasteiger partial charge in [0.15, 0.2) is 0 Å². The Bertz CT molecular complexity index is 314. The minimum absolute atomic E-state index is 0.297. The summed E-state index contributed by atoms with van der Waals surface area (Å²) in [4.78, 5) is 13.4. The highest BCUT2D eigenvalue weighted by molar-refractivity contribution is 5.76. The molecule has 0 bridgehead atoms. The van der Waals surface area contributed by atoms with Gasteiger partial charge in [-0.2, -0.15) is 0 Å². The Balaban J connectivity index is 1.85. The molecule has 3 atom stereocenters. The molecule has 18 heavy (non-hydrogen) atoms. The second-order valence-electron chi connectivity index (χ2n) is 7.17. The Morgan fingerprint density at radius 3 is 2.67 bits per heavy atom. The maximum absolute atomic E-state index is 11.5. The average Bonchev–Trinajstić information content (AvgIpc) is 2.27. The van der Waals surface area contributed by atoms with E-state index in [1.54, 1.807) is 0 Å². The summed E-state index contributed by atoms with van der Waals surface area (Å²) in [6, 6.07) is 1.14. The molecular formula is C15H28N2O. The van der Waals surface area contributed by atoms with Crippen LogP contribution < -0.4 is 5.32 Å². The minimum atomic E-state index is 0.297. The molecule has 0 aromatic carbocycles. The van der Waals surface area contributed by atoms with E-state index in [1.165, 1.54) is 19.3 Å². The van der Waals surface area contributed by atoms with E-state index < -0.39 is 0 Å². The first kappa shape index (κ1) is 13.9. The van der Waals surface area contributed by atoms with Crippen molar-refractivity contribution in [3.8, 4) is 0 Å². The van der Waals surface area contributed by atoms with Gasteiger partial charge in [0, 0.05) is 32.1 Å². The Morgan fingerprint density at radius 1 is 1.33 bits per heavy atom. The molecule has 104 valence electrons. The fourth-order valence-electron chi connectivity index (χ4n) is 3.65. The second kappa shape index (κ2) is 5.20. The van der Waals surface area contributed by atoms with E-state index in [0.29, 0.717) is 29.8 Å². The van der Waals surface area contributed by atoms with E-state index in [-0.39, 0.29) is 0 Å². The van der Waals surface area contributed by atoms with Crippen LogP contribution in [0.4, 0.5) is 0 Å². The monoisotopic (exact) mass is 252 g/mol. The first-order chi connectivity index (χ1) is 8.37. The Hall–Kier alpha value is -0.570. The lowest BCUT2D eigenvalue weighted by Crippen LogP contribution is -2.52. The van der Waals surface area contributed by atoms with Crippen LogP contribution in [-0.2, 0) is 4.79 Å². The third-order valence-electron chi connectivity index (χ3n) is 4.77. The second-order valence-corrected chi connectivity index (χ2v) is 7.17. The predicted octanol–water partition coefficient (Wildman–Crippen LogP) is 2.41. The number of nitrogens with zero attached hydrogens (tertiary/aromatic N) is 1. The predicted molar refractivity (Wildman–Crippen MR) is 74.4 cm³/mol. The van der Waals surface area contributed by atoms with Crippen LogP contribution >= 0.6 is 0 Å². The first-order valence-corrected chi connectivity index (χ1v) is 7.37. The third kappa shape index (κ3) is 3.25. The summed E-state index contributed by atoms with van der Waals surface area (Å²) >= 11 is 0. The third-order valence-corrected chi connectivity index (χ3v) is 4.77. The fourth-order valence-corrected chi connectivity index (χ4v) is 3.65. The number of rotatable bonds is 2. The maximum atomic E-state index is 11.5. The summed E-state index contributed by atoms with van der Waals surface area (Å²) in [6.45, 7) is 8.02. The summed E-state index contributed by atoms with van der Waals surface area (Å²) < 4.78 is 0. The van der Waals surface area contributed by atoms with Gasteiger partial charge in [-0.1, -0.05) is 20.8 Å². The summed E-state index contributed by atoms with van der Waals surface area (Å²) in [5.41, 5.74) is 0.511. The minimum Gasteiger partial charge on any atom is -0.344 e. The summed E-state index contributed by atoms with van der Waals surface area (Å²) in [7, 11) is 1.92. The number of carbonyl (C=O) groups excluding carboxylic acids is 1. The number of carbonyl (C=O) groups is 1. The molecular weight excluding hydrogens is 224 g/mol. The van der Waals surface area contributed by atoms with Crippen LogP contribution in [0.2, 0.25) is 0 Å². The van der Waals surface area contributed by atoms with Gasteiger partial charge in [0.1, 0.15) is 0 Å². The van der Waals surface area contributed by atoms with Crippen LogP contribution in [0.25, 0.3) is 0 Å². The van der Waals surface area contributed by atoms with E-state index in [9.17, 15) is 4.79 Å². The molecule has 0 spiro atoms. The highest BCUT2D eigenvalue weighted by atomic mass is 16.2. The molecule has 1 aliphatic carbocycles. The zero-order valence-electron chi connectivity index (χ0n) is 12.3. The largest absolute Gasteiger partial charge is 0.344 e. The SMILES string of the molecule is CC1CC(C)(C)CCC1NC1CCC(=O)N(C)C1. The Kier molecular flexibility index (Phi) is 4.00. The maximum Gasteiger partial charge on any atom is 0.222 e. The average molecular weight is 252 g/mol. The Labute approximate surface area is 111 Å². The van der Waals surface area contributed by atoms with Crippen molar-refractivity contribution in [3.05, 3.63) is 0 Å². The van der Waals surface area contributed by atoms with Gasteiger partial charge in [-0.3, -0.25) is 4.79 Å². The van der Waals surface area contributed by atoms with Crippen LogP contribution in [0.3, 0.4) is 0 Å². The molecule has 1 saturated heterocycles. The number of amides is 1. The Morgan fingerprint density at radius 2 is 2.06 bits per heavy atom. The van der Waals surface area contributed by atoms with Gasteiger partial charge >= 0.3 is 0 Å². The van der Waals surface area contributed by atoms with Crippen LogP contribution in [-0.4, -0.2) is 36.5 Å². The topological polar surface area (TPSA) is 32.3 Å². The molecule has 2 aliphatic rings. The van der Waals surface area contributed by atoms with Gasteiger partial charge < -0.3 is 10.2 Å². The molecule has 3 unspecified atom stereocenters. The highest BCUT2D eigenvalue weighted by Gasteiger charge is 2.34. The van der Waals surface area contributed by atoms with E-state index in [0.717, 1.165) is 18.9 Å². The van der Waals surface area contributed by atoms with Crippen molar-refractivity contribution in [2.24, 2.45) is 11.3 Å². The number of piperidine rings is 1. The first-order valence-electron chi connectivity index (χ1n) is 7.37. The highest BCUT2D eigenvalue weighted by Crippen LogP contribution is 2.38. The lowest BCUT2D eigenvalue weighted by molar-refractivity contribution is -0.132. The zero-order chi connectivity index (χ0) is 13.3. The quantitative estimate of drug-likeness (QED) is 0.818. The molecule has 0 aromatic rings. The standard InChI is InChI=1S/C15H28N2O/c1-11-9-15(2,3)8-7-13(11)16-12-5-6-14(18)17(4)10-12/h11-13,16H,5-10H2,1-4H3. The molecule has 1 amide bonds. The van der Waals surface area contributed by atoms with Crippen molar-refractivity contribution < 1.29 is 4.79 Å². The molecule has 2 rings (SSSR count). The molecule has 1 N–H and O–H groups in total. The van der Waals surface area contributed by atoms with Gasteiger partial charge in [0.05, 0.1) is 0 Å². The van der Waals surface area contributed by atoms with Gasteiger partial charge in [-0.05, 0) is 37.0 Å². The van der Waals surface area contributed by atoms with Gasteiger partial charge in [-0.15, -0.1) is 0 Å². The number of nitrogens with one attached hydrogen (secondary N) is 1. The fraction of sp³-hybridized carbons (Fsp3) is 0.933. The van der Waals surface area contributed by atoms with Crippen LogP contribution in [0.1, 0.15) is 52.9 Å². The molecule has 2 fully saturated rings. The van der Waals surface area contributed by atoms with Gasteiger partial charge in [-0.25, -0.2) is 0 Å². The molecule has 1 saturated carbocycles. The lowest BCUT2D eigenvalue weighted by atomic mass is 9.70. The smallest absolute Gasteiger partial charge is 0.222 e. The summed E-state index contributed by atoms with van der Waals surface area (Å²) in [6.07, 6.45) is 5.63. The van der Waals surface area contributed by atoms with Crippen molar-refractivity contribution >= 4 is 5.91 Å². The van der Waals surface area contributed by atoms with Crippen LogP contribution in [0, 0.1) is 11.3 Å². The van der Waals surface area contributed by atoms with Crippen LogP contribution in [0.15, 0.2) is 0 Å². The molecule has 0 aromatic heterocycles. The summed E-state index contributed by atoms with van der Waals surface area (Å²) in [5, 5.41) is 3.80. The van der Waals surface area contributed by atoms with Crippen molar-refractivity contribution in [1.29, 1.82) is 0 Å². The van der Waals surface area contributed by atoms with E-state index in [1.807, 2.05) is 11.9 Å². The van der Waals surface area contributed by atoms with Crippen molar-refractivity contribution in [1.82, 2.24) is 10.2 Å².